The highest BCUT2D eigenvalue weighted by Crippen LogP contribution is 2.28. The van der Waals surface area contributed by atoms with Crippen molar-refractivity contribution in [2.75, 3.05) is 39.9 Å². The van der Waals surface area contributed by atoms with Gasteiger partial charge in [0.05, 0.1) is 20.3 Å². The molecule has 0 atom stereocenters. The first-order chi connectivity index (χ1) is 13.7. The van der Waals surface area contributed by atoms with Gasteiger partial charge in [-0.2, -0.15) is 0 Å². The van der Waals surface area contributed by atoms with E-state index < -0.39 is 0 Å². The second kappa shape index (κ2) is 12.5. The number of hydrogen-bond donors (Lipinski definition) is 2. The maximum Gasteiger partial charge on any atom is 0.191 e. The molecule has 1 heterocycles. The summed E-state index contributed by atoms with van der Waals surface area (Å²) >= 11 is 0. The number of nitrogens with one attached hydrogen (secondary N) is 2. The molecule has 28 heavy (non-hydrogen) atoms. The van der Waals surface area contributed by atoms with Crippen LogP contribution in [0.25, 0.3) is 0 Å². The van der Waals surface area contributed by atoms with Gasteiger partial charge >= 0.3 is 0 Å². The first-order valence-electron chi connectivity index (χ1n) is 10.8. The summed E-state index contributed by atoms with van der Waals surface area (Å²) in [6.07, 6.45) is 4.91. The number of ether oxygens (including phenoxy) is 2. The molecule has 1 aliphatic heterocycles. The Kier molecular flexibility index (Phi) is 9.97. The van der Waals surface area contributed by atoms with Gasteiger partial charge in [0.1, 0.15) is 0 Å². The molecule has 6 nitrogen and oxygen atoms in total. The normalized spacial score (nSPS) is 16.1. The van der Waals surface area contributed by atoms with Crippen molar-refractivity contribution in [2.24, 2.45) is 4.99 Å². The summed E-state index contributed by atoms with van der Waals surface area (Å²) in [6.45, 7) is 12.0. The van der Waals surface area contributed by atoms with Crippen molar-refractivity contribution in [2.45, 2.75) is 59.0 Å². The fourth-order valence-corrected chi connectivity index (χ4v) is 3.45. The first kappa shape index (κ1) is 22.3. The molecule has 0 unspecified atom stereocenters. The summed E-state index contributed by atoms with van der Waals surface area (Å²) in [6, 6.07) is 6.50. The predicted octanol–water partition coefficient (Wildman–Crippen LogP) is 3.41. The van der Waals surface area contributed by atoms with Gasteiger partial charge in [-0.3, -0.25) is 0 Å². The molecule has 0 radical (unpaired) electrons. The Morgan fingerprint density at radius 1 is 1.18 bits per heavy atom. The van der Waals surface area contributed by atoms with Crippen LogP contribution in [-0.2, 0) is 6.54 Å². The lowest BCUT2D eigenvalue weighted by Crippen LogP contribution is -2.48. The van der Waals surface area contributed by atoms with E-state index in [1.807, 2.05) is 25.1 Å². The Hall–Kier alpha value is -1.95. The maximum absolute atomic E-state index is 5.67. The van der Waals surface area contributed by atoms with E-state index in [0.29, 0.717) is 19.2 Å². The van der Waals surface area contributed by atoms with Gasteiger partial charge in [0.2, 0.25) is 0 Å². The molecule has 1 aromatic rings. The van der Waals surface area contributed by atoms with Gasteiger partial charge < -0.3 is 25.0 Å². The molecule has 6 heteroatoms. The van der Waals surface area contributed by atoms with Gasteiger partial charge in [0, 0.05) is 25.7 Å². The molecular weight excluding hydrogens is 352 g/mol. The number of guanidine groups is 1. The van der Waals surface area contributed by atoms with E-state index in [1.165, 1.54) is 45.3 Å². The summed E-state index contributed by atoms with van der Waals surface area (Å²) in [5.74, 6) is 2.42. The number of aliphatic imine (C=N–C) groups is 1. The van der Waals surface area contributed by atoms with E-state index in [4.69, 9.17) is 14.5 Å². The van der Waals surface area contributed by atoms with Crippen molar-refractivity contribution in [3.63, 3.8) is 0 Å². The molecule has 0 spiro atoms. The second-order valence-corrected chi connectivity index (χ2v) is 7.23. The van der Waals surface area contributed by atoms with Crippen LogP contribution in [0.4, 0.5) is 0 Å². The topological polar surface area (TPSA) is 58.1 Å². The highest BCUT2D eigenvalue weighted by Gasteiger charge is 2.19. The molecule has 2 N–H and O–H groups in total. The minimum absolute atomic E-state index is 0.491. The van der Waals surface area contributed by atoms with Gasteiger partial charge in [-0.05, 0) is 57.4 Å². The SMILES string of the molecule is CCCCN1CCC(NC(=NCc2ccc(OC)c(OCC)c2)NCC)CC1. The van der Waals surface area contributed by atoms with Crippen LogP contribution in [0, 0.1) is 0 Å². The van der Waals surface area contributed by atoms with E-state index in [9.17, 15) is 0 Å². The Morgan fingerprint density at radius 3 is 2.61 bits per heavy atom. The summed E-state index contributed by atoms with van der Waals surface area (Å²) in [5, 5.41) is 7.00. The highest BCUT2D eigenvalue weighted by molar-refractivity contribution is 5.80. The summed E-state index contributed by atoms with van der Waals surface area (Å²) in [4.78, 5) is 7.37. The minimum atomic E-state index is 0.491. The zero-order valence-corrected chi connectivity index (χ0v) is 18.1. The Labute approximate surface area is 170 Å². The third kappa shape index (κ3) is 7.23. The van der Waals surface area contributed by atoms with Crippen LogP contribution >= 0.6 is 0 Å². The summed E-state index contributed by atoms with van der Waals surface area (Å²) in [5.41, 5.74) is 1.11. The number of likely N-dealkylation sites (tertiary alicyclic amines) is 1. The number of piperidine rings is 1. The molecule has 0 aromatic heterocycles. The van der Waals surface area contributed by atoms with Crippen molar-refractivity contribution in [3.8, 4) is 11.5 Å². The Balaban J connectivity index is 1.93. The molecule has 1 fully saturated rings. The van der Waals surface area contributed by atoms with Gasteiger partial charge in [0.15, 0.2) is 17.5 Å². The zero-order valence-electron chi connectivity index (χ0n) is 18.1. The van der Waals surface area contributed by atoms with Crippen molar-refractivity contribution in [1.29, 1.82) is 0 Å². The van der Waals surface area contributed by atoms with Gasteiger partial charge in [0.25, 0.3) is 0 Å². The zero-order chi connectivity index (χ0) is 20.2. The number of rotatable bonds is 10. The molecule has 0 amide bonds. The second-order valence-electron chi connectivity index (χ2n) is 7.23. The molecule has 1 aromatic carbocycles. The Morgan fingerprint density at radius 2 is 1.96 bits per heavy atom. The van der Waals surface area contributed by atoms with Crippen LogP contribution in [0.15, 0.2) is 23.2 Å². The predicted molar refractivity (Wildman–Crippen MR) is 116 cm³/mol. The van der Waals surface area contributed by atoms with Gasteiger partial charge in [-0.25, -0.2) is 4.99 Å². The lowest BCUT2D eigenvalue weighted by atomic mass is 10.0. The van der Waals surface area contributed by atoms with E-state index >= 15 is 0 Å². The monoisotopic (exact) mass is 390 g/mol. The standard InChI is InChI=1S/C22H38N4O2/c1-5-8-13-26-14-11-19(12-15-26)25-22(23-6-2)24-17-18-9-10-20(27-4)21(16-18)28-7-3/h9-10,16,19H,5-8,11-15,17H2,1-4H3,(H2,23,24,25). The molecule has 0 saturated carbocycles. The van der Waals surface area contributed by atoms with Crippen LogP contribution in [0.2, 0.25) is 0 Å². The van der Waals surface area contributed by atoms with E-state index in [-0.39, 0.29) is 0 Å². The number of methoxy groups -OCH3 is 1. The number of nitrogens with zero attached hydrogens (tertiary/aromatic N) is 2. The van der Waals surface area contributed by atoms with E-state index in [2.05, 4.69) is 29.4 Å². The fourth-order valence-electron chi connectivity index (χ4n) is 3.45. The van der Waals surface area contributed by atoms with Crippen molar-refractivity contribution < 1.29 is 9.47 Å². The average molecular weight is 391 g/mol. The number of unbranched alkanes of at least 4 members (excludes halogenated alkanes) is 1. The highest BCUT2D eigenvalue weighted by atomic mass is 16.5. The van der Waals surface area contributed by atoms with E-state index in [1.54, 1.807) is 7.11 Å². The van der Waals surface area contributed by atoms with Crippen molar-refractivity contribution in [1.82, 2.24) is 15.5 Å². The van der Waals surface area contributed by atoms with Crippen molar-refractivity contribution in [3.05, 3.63) is 23.8 Å². The largest absolute Gasteiger partial charge is 0.493 e. The van der Waals surface area contributed by atoms with Crippen molar-refractivity contribution >= 4 is 5.96 Å². The molecular formula is C22H38N4O2. The smallest absolute Gasteiger partial charge is 0.191 e. The van der Waals surface area contributed by atoms with Crippen LogP contribution in [-0.4, -0.2) is 56.8 Å². The molecule has 1 saturated heterocycles. The van der Waals surface area contributed by atoms with Crippen LogP contribution in [0.5, 0.6) is 11.5 Å². The van der Waals surface area contributed by atoms with Crippen LogP contribution in [0.3, 0.4) is 0 Å². The fraction of sp³-hybridized carbons (Fsp3) is 0.682. The summed E-state index contributed by atoms with van der Waals surface area (Å²) in [7, 11) is 1.66. The average Bonchev–Trinajstić information content (AvgIpc) is 2.72. The maximum atomic E-state index is 5.67. The third-order valence-electron chi connectivity index (χ3n) is 5.05. The molecule has 2 rings (SSSR count). The molecule has 0 bridgehead atoms. The molecule has 1 aliphatic rings. The molecule has 158 valence electrons. The minimum Gasteiger partial charge on any atom is -0.493 e. The summed E-state index contributed by atoms with van der Waals surface area (Å²) < 4.78 is 11.0. The van der Waals surface area contributed by atoms with Gasteiger partial charge in [-0.15, -0.1) is 0 Å². The lowest BCUT2D eigenvalue weighted by Gasteiger charge is -2.33. The van der Waals surface area contributed by atoms with Gasteiger partial charge in [-0.1, -0.05) is 19.4 Å². The van der Waals surface area contributed by atoms with Crippen LogP contribution in [0.1, 0.15) is 52.0 Å². The first-order valence-corrected chi connectivity index (χ1v) is 10.8. The van der Waals surface area contributed by atoms with Crippen LogP contribution < -0.4 is 20.1 Å². The Bertz CT molecular complexity index is 598. The third-order valence-corrected chi connectivity index (χ3v) is 5.05. The van der Waals surface area contributed by atoms with E-state index in [0.717, 1.165) is 29.6 Å². The lowest BCUT2D eigenvalue weighted by molar-refractivity contribution is 0.203. The number of hydrogen-bond acceptors (Lipinski definition) is 4. The number of benzene rings is 1. The quantitative estimate of drug-likeness (QED) is 0.474. The molecule has 0 aliphatic carbocycles.